The lowest BCUT2D eigenvalue weighted by Crippen LogP contribution is -2.47. The highest BCUT2D eigenvalue weighted by molar-refractivity contribution is 5.99. The number of methoxy groups -OCH3 is 3. The number of amides is 2. The van der Waals surface area contributed by atoms with E-state index in [1.54, 1.807) is 13.8 Å². The zero-order chi connectivity index (χ0) is 53.5. The van der Waals surface area contributed by atoms with Crippen molar-refractivity contribution in [2.24, 2.45) is 23.7 Å². The average Bonchev–Trinajstić information content (AvgIpc) is 3.41. The van der Waals surface area contributed by atoms with Gasteiger partial charge >= 0.3 is 17.9 Å². The third kappa shape index (κ3) is 20.0. The summed E-state index contributed by atoms with van der Waals surface area (Å²) < 4.78 is 67.6. The number of hydrogen-bond acceptors (Lipinski definition) is 20. The smallest absolute Gasteiger partial charge is 0.331 e. The van der Waals surface area contributed by atoms with Crippen molar-refractivity contribution in [3.8, 4) is 23.0 Å². The van der Waals surface area contributed by atoms with Gasteiger partial charge in [-0.15, -0.1) is 0 Å². The first kappa shape index (κ1) is 61.1. The Hall–Kier alpha value is -5.23. The number of cyclic esters (lactones) is 2. The summed E-state index contributed by atoms with van der Waals surface area (Å²) in [6, 6.07) is 0.588. The molecule has 406 valence electrons. The van der Waals surface area contributed by atoms with Crippen molar-refractivity contribution < 1.29 is 85.9 Å². The molecule has 0 radical (unpaired) electrons. The second-order valence-corrected chi connectivity index (χ2v) is 18.9. The molecule has 3 N–H and O–H groups in total. The first-order chi connectivity index (χ1) is 34.2. The van der Waals surface area contributed by atoms with E-state index in [0.29, 0.717) is 32.3 Å². The number of aromatic hydroxyl groups is 1. The molecule has 0 unspecified atom stereocenters. The first-order valence-electron chi connectivity index (χ1n) is 24.3. The highest BCUT2D eigenvalue weighted by Crippen LogP contribution is 2.31. The molecule has 0 aliphatic carbocycles. The van der Waals surface area contributed by atoms with Crippen molar-refractivity contribution in [1.29, 1.82) is 0 Å². The summed E-state index contributed by atoms with van der Waals surface area (Å²) in [5, 5.41) is 15.3. The van der Waals surface area contributed by atoms with Crippen LogP contribution < -0.4 is 24.8 Å². The van der Waals surface area contributed by atoms with E-state index in [4.69, 9.17) is 56.8 Å². The number of carbonyl (C=O) groups excluding carboxylic acids is 5. The van der Waals surface area contributed by atoms with Crippen molar-refractivity contribution in [2.75, 3.05) is 80.8 Å². The molecular formula is C50H78N4O18. The maximum Gasteiger partial charge on any atom is 0.331 e. The standard InChI is InChI=1S/C27H42N2O10.C23H36N2O8/c1-16(2)12-36-21-15-35-14-19(27(32)38-18(5)24(21)37-13-17(3)4)29-26(31)23-25(20(34-7)8-10-28-23)39-22(30)9-11-33-6;1-13(2)9-31-18-12-30-11-16(23(28)33-15(5)21(18)32-10-14(3)4)25-22(27)19-20(26)17(29-6)7-8-24-19/h8,10,16-19,21,24H,9,11-15H2,1-7H3,(H,29,31);7-8,13-16,18,21,26H,9-12H2,1-6H3,(H,25,27)/t18-,19-,21-,24-;15-,16-,18-,21-/m00/s1. The molecule has 4 rings (SSSR count). The fraction of sp³-hybridized carbons (Fsp3) is 0.700. The summed E-state index contributed by atoms with van der Waals surface area (Å²) in [5.74, 6) is -2.83. The van der Waals surface area contributed by atoms with Crippen molar-refractivity contribution in [2.45, 2.75) is 124 Å². The van der Waals surface area contributed by atoms with Crippen LogP contribution in [0.3, 0.4) is 0 Å². The maximum absolute atomic E-state index is 13.2. The predicted octanol–water partition coefficient (Wildman–Crippen LogP) is 4.11. The number of nitrogens with one attached hydrogen (secondary N) is 2. The minimum absolute atomic E-state index is 0.0453. The van der Waals surface area contributed by atoms with Crippen LogP contribution in [0.2, 0.25) is 0 Å². The number of carbonyl (C=O) groups is 5. The molecule has 0 spiro atoms. The summed E-state index contributed by atoms with van der Waals surface area (Å²) in [6.07, 6.45) is -0.754. The highest BCUT2D eigenvalue weighted by Gasteiger charge is 2.39. The van der Waals surface area contributed by atoms with Gasteiger partial charge in [0.15, 0.2) is 40.7 Å². The molecule has 2 aromatic rings. The van der Waals surface area contributed by atoms with Crippen LogP contribution in [0.15, 0.2) is 24.5 Å². The van der Waals surface area contributed by atoms with Gasteiger partial charge < -0.3 is 72.6 Å². The van der Waals surface area contributed by atoms with Crippen molar-refractivity contribution in [3.05, 3.63) is 35.9 Å². The molecule has 2 fully saturated rings. The Morgan fingerprint density at radius 3 is 1.49 bits per heavy atom. The summed E-state index contributed by atoms with van der Waals surface area (Å²) in [5.41, 5.74) is -0.511. The Kier molecular flexibility index (Phi) is 26.6. The van der Waals surface area contributed by atoms with Crippen LogP contribution in [0, 0.1) is 23.7 Å². The molecule has 2 amide bonds. The lowest BCUT2D eigenvalue weighted by molar-refractivity contribution is -0.170. The molecule has 4 heterocycles. The lowest BCUT2D eigenvalue weighted by Gasteiger charge is -2.31. The van der Waals surface area contributed by atoms with E-state index < -0.39 is 84.2 Å². The predicted molar refractivity (Wildman–Crippen MR) is 259 cm³/mol. The van der Waals surface area contributed by atoms with E-state index in [1.165, 1.54) is 45.9 Å². The minimum atomic E-state index is -1.17. The van der Waals surface area contributed by atoms with Gasteiger partial charge in [-0.05, 0) is 37.5 Å². The number of ether oxygens (including phenoxy) is 12. The van der Waals surface area contributed by atoms with Gasteiger partial charge in [0, 0.05) is 58.1 Å². The summed E-state index contributed by atoms with van der Waals surface area (Å²) in [6.45, 7) is 21.7. The van der Waals surface area contributed by atoms with Crippen LogP contribution in [-0.4, -0.2) is 174 Å². The number of aromatic nitrogens is 2. The van der Waals surface area contributed by atoms with Gasteiger partial charge in [-0.2, -0.15) is 0 Å². The van der Waals surface area contributed by atoms with Gasteiger partial charge in [0.1, 0.15) is 36.6 Å². The Morgan fingerprint density at radius 1 is 0.639 bits per heavy atom. The number of pyridine rings is 2. The third-order valence-electron chi connectivity index (χ3n) is 10.5. The van der Waals surface area contributed by atoms with E-state index in [9.17, 15) is 29.1 Å². The van der Waals surface area contributed by atoms with Gasteiger partial charge in [-0.3, -0.25) is 14.4 Å². The fourth-order valence-corrected chi connectivity index (χ4v) is 6.83. The van der Waals surface area contributed by atoms with Gasteiger partial charge in [0.05, 0.1) is 53.7 Å². The SMILES string of the molecule is COCCC(=O)Oc1c(OC)ccnc1C(=O)N[C@H]1COC[C@H](OCC(C)C)[C@@H](OCC(C)C)[C@H](C)OC1=O.COc1ccnc(C(=O)N[C@H]2COC[C@H](OCC(C)C)[C@@H](OCC(C)C)[C@H](C)OC2=O)c1O. The number of nitrogens with zero attached hydrogens (tertiary/aromatic N) is 2. The van der Waals surface area contributed by atoms with Crippen LogP contribution in [0.4, 0.5) is 0 Å². The van der Waals surface area contributed by atoms with Crippen LogP contribution in [0.5, 0.6) is 23.0 Å². The van der Waals surface area contributed by atoms with Gasteiger partial charge in [0.25, 0.3) is 11.8 Å². The Labute approximate surface area is 423 Å². The normalized spacial score (nSPS) is 23.0. The van der Waals surface area contributed by atoms with Gasteiger partial charge in [-0.25, -0.2) is 19.6 Å². The summed E-state index contributed by atoms with van der Waals surface area (Å²) in [4.78, 5) is 72.0. The quantitative estimate of drug-likeness (QED) is 0.140. The second-order valence-electron chi connectivity index (χ2n) is 18.9. The third-order valence-corrected chi connectivity index (χ3v) is 10.5. The molecule has 2 aliphatic heterocycles. The van der Waals surface area contributed by atoms with E-state index in [2.05, 4.69) is 20.6 Å². The largest absolute Gasteiger partial charge is 0.503 e. The highest BCUT2D eigenvalue weighted by atomic mass is 16.6. The van der Waals surface area contributed by atoms with E-state index >= 15 is 0 Å². The Morgan fingerprint density at radius 2 is 1.06 bits per heavy atom. The first-order valence-corrected chi connectivity index (χ1v) is 24.3. The molecule has 0 aromatic carbocycles. The second kappa shape index (κ2) is 31.4. The molecule has 2 saturated heterocycles. The Balaban J connectivity index is 0.000000386. The van der Waals surface area contributed by atoms with E-state index in [0.717, 1.165) is 0 Å². The van der Waals surface area contributed by atoms with Gasteiger partial charge in [-0.1, -0.05) is 55.4 Å². The fourth-order valence-electron chi connectivity index (χ4n) is 6.83. The molecule has 0 bridgehead atoms. The van der Waals surface area contributed by atoms with E-state index in [-0.39, 0.29) is 85.8 Å². The summed E-state index contributed by atoms with van der Waals surface area (Å²) >= 11 is 0. The van der Waals surface area contributed by atoms with Crippen molar-refractivity contribution in [1.82, 2.24) is 20.6 Å². The molecule has 22 heteroatoms. The molecule has 0 saturated carbocycles. The van der Waals surface area contributed by atoms with Crippen molar-refractivity contribution >= 4 is 29.7 Å². The number of hydrogen-bond donors (Lipinski definition) is 3. The van der Waals surface area contributed by atoms with Crippen molar-refractivity contribution in [3.63, 3.8) is 0 Å². The molecule has 2 aromatic heterocycles. The zero-order valence-corrected chi connectivity index (χ0v) is 44.1. The minimum Gasteiger partial charge on any atom is -0.503 e. The maximum atomic E-state index is 13.2. The monoisotopic (exact) mass is 1020 g/mol. The molecule has 2 aliphatic rings. The van der Waals surface area contributed by atoms with Gasteiger partial charge in [0.2, 0.25) is 5.75 Å². The van der Waals surface area contributed by atoms with Crippen LogP contribution in [-0.2, 0) is 57.0 Å². The van der Waals surface area contributed by atoms with Crippen LogP contribution in [0.1, 0.15) is 96.6 Å². The number of esters is 3. The lowest BCUT2D eigenvalue weighted by atomic mass is 10.1. The van der Waals surface area contributed by atoms with E-state index in [1.807, 2.05) is 55.4 Å². The Bertz CT molecular complexity index is 2000. The topological polar surface area (TPSA) is 266 Å². The zero-order valence-electron chi connectivity index (χ0n) is 44.1. The van der Waals surface area contributed by atoms with Crippen LogP contribution >= 0.6 is 0 Å². The van der Waals surface area contributed by atoms with Crippen LogP contribution in [0.25, 0.3) is 0 Å². The number of rotatable bonds is 22. The molecule has 22 nitrogen and oxygen atoms in total. The molecule has 8 atom stereocenters. The average molecular weight is 1020 g/mol. The molecular weight excluding hydrogens is 945 g/mol. The summed E-state index contributed by atoms with van der Waals surface area (Å²) in [7, 11) is 4.18. The molecule has 72 heavy (non-hydrogen) atoms.